The highest BCUT2D eigenvalue weighted by Crippen LogP contribution is 2.43. The van der Waals surface area contributed by atoms with Gasteiger partial charge in [0, 0.05) is 24.5 Å². The Morgan fingerprint density at radius 1 is 1.17 bits per heavy atom. The molecule has 0 fully saturated rings. The average Bonchev–Trinajstić information content (AvgIpc) is 2.08. The fourth-order valence-electron chi connectivity index (χ4n) is 0.709. The lowest BCUT2D eigenvalue weighted by molar-refractivity contribution is 0.625. The molecular formula is C9H17NOP+. The van der Waals surface area contributed by atoms with E-state index in [0.717, 1.165) is 5.30 Å². The largest absolute Gasteiger partial charge is 0.264 e. The minimum atomic E-state index is -1.81. The second-order valence-electron chi connectivity index (χ2n) is 2.60. The lowest BCUT2D eigenvalue weighted by Crippen LogP contribution is -2.07. The minimum absolute atomic E-state index is 1.00. The molecule has 0 amide bonds. The highest BCUT2D eigenvalue weighted by Gasteiger charge is 2.23. The molecule has 0 aliphatic carbocycles. The topological polar surface area (TPSA) is 33.1 Å². The Morgan fingerprint density at radius 3 is 1.83 bits per heavy atom. The van der Waals surface area contributed by atoms with Gasteiger partial charge >= 0.3 is 0 Å². The summed E-state index contributed by atoms with van der Waals surface area (Å²) in [5.41, 5.74) is 0. The molecule has 0 aromatic carbocycles. The van der Waals surface area contributed by atoms with Crippen LogP contribution in [0.4, 0.5) is 0 Å². The van der Waals surface area contributed by atoms with Gasteiger partial charge in [-0.1, -0.05) is 13.8 Å². The molecule has 68 valence electrons. The second kappa shape index (κ2) is 5.23. The summed E-state index contributed by atoms with van der Waals surface area (Å²) in [7, 11) is -1.81. The van der Waals surface area contributed by atoms with E-state index in [0.29, 0.717) is 0 Å². The molecule has 1 N–H and O–H groups in total. The van der Waals surface area contributed by atoms with Crippen LogP contribution in [0.3, 0.4) is 0 Å². The van der Waals surface area contributed by atoms with E-state index in [1.165, 1.54) is 0 Å². The molecule has 1 rings (SSSR count). The summed E-state index contributed by atoms with van der Waals surface area (Å²) < 4.78 is 0. The maximum Gasteiger partial charge on any atom is 0.168 e. The van der Waals surface area contributed by atoms with E-state index in [-0.39, 0.29) is 0 Å². The average molecular weight is 186 g/mol. The fraction of sp³-hybridized carbons (Fsp3) is 0.444. The third-order valence-corrected chi connectivity index (χ3v) is 2.86. The van der Waals surface area contributed by atoms with Gasteiger partial charge in [0.2, 0.25) is 0 Å². The van der Waals surface area contributed by atoms with Crippen LogP contribution >= 0.6 is 7.49 Å². The smallest absolute Gasteiger partial charge is 0.168 e. The van der Waals surface area contributed by atoms with Crippen molar-refractivity contribution in [2.45, 2.75) is 13.8 Å². The van der Waals surface area contributed by atoms with Gasteiger partial charge in [-0.2, -0.15) is 0 Å². The zero-order valence-corrected chi connectivity index (χ0v) is 9.05. The summed E-state index contributed by atoms with van der Waals surface area (Å²) in [4.78, 5) is 13.4. The molecule has 1 heterocycles. The molecule has 1 aromatic heterocycles. The number of rotatable bonds is 1. The van der Waals surface area contributed by atoms with Crippen LogP contribution in [0.2, 0.25) is 0 Å². The first-order valence-corrected chi connectivity index (χ1v) is 6.71. The molecule has 3 heteroatoms. The lowest BCUT2D eigenvalue weighted by Gasteiger charge is -2.06. The zero-order chi connectivity index (χ0) is 9.61. The number of hydrogen-bond donors (Lipinski definition) is 1. The van der Waals surface area contributed by atoms with Crippen molar-refractivity contribution in [2.75, 3.05) is 13.3 Å². The van der Waals surface area contributed by atoms with Crippen LogP contribution in [0.1, 0.15) is 13.8 Å². The summed E-state index contributed by atoms with van der Waals surface area (Å²) >= 11 is 0. The van der Waals surface area contributed by atoms with Crippen molar-refractivity contribution in [3.8, 4) is 0 Å². The van der Waals surface area contributed by atoms with E-state index in [2.05, 4.69) is 4.98 Å². The van der Waals surface area contributed by atoms with Gasteiger partial charge in [0.1, 0.15) is 5.30 Å². The van der Waals surface area contributed by atoms with E-state index in [1.54, 1.807) is 12.4 Å². The van der Waals surface area contributed by atoms with E-state index in [4.69, 9.17) is 0 Å². The third-order valence-electron chi connectivity index (χ3n) is 1.29. The van der Waals surface area contributed by atoms with Crippen LogP contribution < -0.4 is 5.30 Å². The summed E-state index contributed by atoms with van der Waals surface area (Å²) in [5.74, 6) is 0. The van der Waals surface area contributed by atoms with Gasteiger partial charge in [-0.3, -0.25) is 4.98 Å². The molecular weight excluding hydrogens is 169 g/mol. The lowest BCUT2D eigenvalue weighted by atomic mass is 10.5. The van der Waals surface area contributed by atoms with Crippen molar-refractivity contribution in [1.29, 1.82) is 0 Å². The quantitative estimate of drug-likeness (QED) is 0.680. The van der Waals surface area contributed by atoms with Crippen molar-refractivity contribution >= 4 is 12.8 Å². The SMILES string of the molecule is CC.C[P+](C)(O)c1ccncc1. The predicted octanol–water partition coefficient (Wildman–Crippen LogP) is 1.92. The summed E-state index contributed by atoms with van der Waals surface area (Å²) in [6.07, 6.45) is 3.40. The first-order valence-electron chi connectivity index (χ1n) is 4.08. The molecule has 1 aromatic rings. The van der Waals surface area contributed by atoms with E-state index < -0.39 is 7.49 Å². The van der Waals surface area contributed by atoms with E-state index in [9.17, 15) is 4.89 Å². The number of aromatic nitrogens is 1. The monoisotopic (exact) mass is 186 g/mol. The molecule has 0 atom stereocenters. The van der Waals surface area contributed by atoms with Crippen molar-refractivity contribution in [1.82, 2.24) is 4.98 Å². The minimum Gasteiger partial charge on any atom is -0.264 e. The van der Waals surface area contributed by atoms with Gasteiger partial charge < -0.3 is 0 Å². The summed E-state index contributed by atoms with van der Waals surface area (Å²) in [5, 5.41) is 1.00. The highest BCUT2D eigenvalue weighted by molar-refractivity contribution is 7.76. The van der Waals surface area contributed by atoms with Gasteiger partial charge in [-0.25, -0.2) is 4.89 Å². The Bertz CT molecular complexity index is 206. The molecule has 2 nitrogen and oxygen atoms in total. The first kappa shape index (κ1) is 11.5. The Balaban J connectivity index is 0.000000561. The van der Waals surface area contributed by atoms with Gasteiger partial charge in [0.25, 0.3) is 0 Å². The fourth-order valence-corrected chi connectivity index (χ4v) is 1.57. The second-order valence-corrected chi connectivity index (χ2v) is 5.91. The molecule has 0 bridgehead atoms. The van der Waals surface area contributed by atoms with Crippen molar-refractivity contribution in [3.05, 3.63) is 24.5 Å². The molecule has 0 radical (unpaired) electrons. The van der Waals surface area contributed by atoms with E-state index in [1.807, 2.05) is 39.3 Å². The Morgan fingerprint density at radius 2 is 1.58 bits per heavy atom. The maximum atomic E-state index is 9.57. The van der Waals surface area contributed by atoms with Crippen LogP contribution in [-0.4, -0.2) is 23.2 Å². The number of hydrogen-bond acceptors (Lipinski definition) is 2. The highest BCUT2D eigenvalue weighted by atomic mass is 31.2. The zero-order valence-electron chi connectivity index (χ0n) is 8.15. The van der Waals surface area contributed by atoms with E-state index >= 15 is 0 Å². The molecule has 0 saturated heterocycles. The van der Waals surface area contributed by atoms with Gasteiger partial charge in [-0.15, -0.1) is 0 Å². The number of pyridine rings is 1. The van der Waals surface area contributed by atoms with Gasteiger partial charge in [0.05, 0.1) is 13.3 Å². The molecule has 12 heavy (non-hydrogen) atoms. The Kier molecular flexibility index (Phi) is 5.03. The molecule has 0 spiro atoms. The Hall–Kier alpha value is -0.460. The standard InChI is InChI=1S/C7H11NOP.C2H6/c1-10(2,9)7-3-5-8-6-4-7;1-2/h3-6,9H,1-2H3;1-2H3/q+1;. The van der Waals surface area contributed by atoms with Gasteiger partial charge in [-0.05, 0) is 0 Å². The van der Waals surface area contributed by atoms with Crippen LogP contribution in [0, 0.1) is 0 Å². The summed E-state index contributed by atoms with van der Waals surface area (Å²) in [6.45, 7) is 7.73. The van der Waals surface area contributed by atoms with Crippen molar-refractivity contribution < 1.29 is 4.89 Å². The van der Waals surface area contributed by atoms with Crippen molar-refractivity contribution in [2.24, 2.45) is 0 Å². The van der Waals surface area contributed by atoms with Crippen LogP contribution in [-0.2, 0) is 0 Å². The van der Waals surface area contributed by atoms with Gasteiger partial charge in [0.15, 0.2) is 7.49 Å². The van der Waals surface area contributed by atoms with Crippen LogP contribution in [0.5, 0.6) is 0 Å². The third kappa shape index (κ3) is 3.80. The summed E-state index contributed by atoms with van der Waals surface area (Å²) in [6, 6.07) is 3.71. The predicted molar refractivity (Wildman–Crippen MR) is 56.2 cm³/mol. The maximum absolute atomic E-state index is 9.57. The van der Waals surface area contributed by atoms with Crippen molar-refractivity contribution in [3.63, 3.8) is 0 Å². The molecule has 0 aliphatic rings. The molecule has 0 saturated carbocycles. The number of nitrogens with zero attached hydrogens (tertiary/aromatic N) is 1. The normalized spacial score (nSPS) is 10.1. The van der Waals surface area contributed by atoms with Crippen LogP contribution in [0.25, 0.3) is 0 Å². The Labute approximate surface area is 75.1 Å². The molecule has 0 unspecified atom stereocenters. The first-order chi connectivity index (χ1) is 5.61. The van der Waals surface area contributed by atoms with Crippen LogP contribution in [0.15, 0.2) is 24.5 Å². The molecule has 0 aliphatic heterocycles.